The van der Waals surface area contributed by atoms with E-state index in [1.54, 1.807) is 13.4 Å². The van der Waals surface area contributed by atoms with Crippen molar-refractivity contribution in [2.45, 2.75) is 64.1 Å². The van der Waals surface area contributed by atoms with Crippen LogP contribution in [-0.4, -0.2) is 42.5 Å². The van der Waals surface area contributed by atoms with Crippen molar-refractivity contribution in [1.29, 1.82) is 0 Å². The summed E-state index contributed by atoms with van der Waals surface area (Å²) in [6.07, 6.45) is 8.29. The molecule has 2 unspecified atom stereocenters. The summed E-state index contributed by atoms with van der Waals surface area (Å²) in [7, 11) is 3.12. The molecular formula is C19H32ClN5O3. The molecule has 1 saturated carbocycles. The number of hydrogen-bond acceptors (Lipinski definition) is 4. The number of aliphatic hydroxyl groups excluding tert-OH is 1. The van der Waals surface area contributed by atoms with Gasteiger partial charge in [0, 0.05) is 27.1 Å². The van der Waals surface area contributed by atoms with Gasteiger partial charge in [0.2, 0.25) is 0 Å². The Balaban J connectivity index is 0.00000280. The number of nitrogens with zero attached hydrogens (tertiary/aromatic N) is 4. The van der Waals surface area contributed by atoms with Crippen LogP contribution < -0.4 is 29.0 Å². The molecule has 1 aliphatic carbocycles. The van der Waals surface area contributed by atoms with E-state index in [4.69, 9.17) is 0 Å². The summed E-state index contributed by atoms with van der Waals surface area (Å²) in [5.74, 6) is 0.437. The molecule has 0 saturated heterocycles. The van der Waals surface area contributed by atoms with Crippen LogP contribution >= 0.6 is 0 Å². The molecule has 158 valence electrons. The molecule has 0 amide bonds. The van der Waals surface area contributed by atoms with E-state index in [2.05, 4.69) is 17.2 Å². The van der Waals surface area contributed by atoms with Gasteiger partial charge in [-0.05, 0) is 25.7 Å². The Morgan fingerprint density at radius 2 is 1.89 bits per heavy atom. The van der Waals surface area contributed by atoms with Gasteiger partial charge in [0.15, 0.2) is 11.2 Å². The lowest BCUT2D eigenvalue weighted by Gasteiger charge is -2.29. The summed E-state index contributed by atoms with van der Waals surface area (Å²) in [6, 6.07) is 0.182. The lowest BCUT2D eigenvalue weighted by molar-refractivity contribution is -0.694. The molecule has 3 N–H and O–H groups in total. The minimum Gasteiger partial charge on any atom is -1.00 e. The minimum atomic E-state index is -0.364. The van der Waals surface area contributed by atoms with Crippen LogP contribution in [0, 0.1) is 5.92 Å². The lowest BCUT2D eigenvalue weighted by atomic mass is 9.83. The predicted molar refractivity (Wildman–Crippen MR) is 104 cm³/mol. The largest absolute Gasteiger partial charge is 1.00 e. The number of nitrogens with two attached hydrogens (primary N) is 1. The van der Waals surface area contributed by atoms with Gasteiger partial charge in [0.05, 0.1) is 12.9 Å². The zero-order chi connectivity index (χ0) is 19.6. The predicted octanol–water partition coefficient (Wildman–Crippen LogP) is -3.28. The van der Waals surface area contributed by atoms with Gasteiger partial charge in [-0.2, -0.15) is 0 Å². The number of rotatable bonds is 7. The summed E-state index contributed by atoms with van der Waals surface area (Å²) in [5.41, 5.74) is 0.218. The van der Waals surface area contributed by atoms with Gasteiger partial charge in [-0.25, -0.2) is 9.78 Å². The van der Waals surface area contributed by atoms with Crippen LogP contribution in [0.15, 0.2) is 15.9 Å². The van der Waals surface area contributed by atoms with E-state index >= 15 is 0 Å². The Morgan fingerprint density at radius 1 is 1.21 bits per heavy atom. The van der Waals surface area contributed by atoms with Crippen LogP contribution in [0.5, 0.6) is 0 Å². The van der Waals surface area contributed by atoms with Crippen LogP contribution in [0.1, 0.15) is 45.4 Å². The van der Waals surface area contributed by atoms with Crippen molar-refractivity contribution in [3.05, 3.63) is 27.2 Å². The summed E-state index contributed by atoms with van der Waals surface area (Å²) in [6.45, 7) is 3.63. The zero-order valence-corrected chi connectivity index (χ0v) is 17.7. The lowest BCUT2D eigenvalue weighted by Crippen LogP contribution is -3.00. The van der Waals surface area contributed by atoms with Gasteiger partial charge in [-0.1, -0.05) is 19.3 Å². The Morgan fingerprint density at radius 3 is 2.57 bits per heavy atom. The summed E-state index contributed by atoms with van der Waals surface area (Å²) < 4.78 is 4.35. The first-order valence-electron chi connectivity index (χ1n) is 10.0. The molecule has 0 bridgehead atoms. The van der Waals surface area contributed by atoms with Crippen molar-refractivity contribution in [2.24, 2.45) is 20.0 Å². The summed E-state index contributed by atoms with van der Waals surface area (Å²) in [5, 5.41) is 12.8. The molecule has 2 aromatic heterocycles. The normalized spacial score (nSPS) is 17.4. The molecule has 0 aromatic carbocycles. The van der Waals surface area contributed by atoms with Gasteiger partial charge in [0.25, 0.3) is 5.56 Å². The molecule has 3 rings (SSSR count). The standard InChI is InChI=1S/C19H31N5O3.ClH/c1-13(16(25)14-8-5-4-6-9-14)20-10-7-11-24-12-21-17-15(24)18(26)23(3)19(27)22(17)2;/h12-14,16,20,25H,4-11H2,1-3H3;1H. The average molecular weight is 414 g/mol. The minimum absolute atomic E-state index is 0. The van der Waals surface area contributed by atoms with Gasteiger partial charge in [0.1, 0.15) is 12.1 Å². The highest BCUT2D eigenvalue weighted by atomic mass is 35.5. The Hall–Kier alpha value is -1.64. The van der Waals surface area contributed by atoms with Crippen molar-refractivity contribution in [3.8, 4) is 0 Å². The highest BCUT2D eigenvalue weighted by Gasteiger charge is 2.28. The number of aromatic nitrogens is 4. The third-order valence-corrected chi connectivity index (χ3v) is 6.03. The van der Waals surface area contributed by atoms with Crippen LogP contribution in [0.4, 0.5) is 0 Å². The van der Waals surface area contributed by atoms with Crippen molar-refractivity contribution in [3.63, 3.8) is 0 Å². The van der Waals surface area contributed by atoms with Gasteiger partial charge >= 0.3 is 5.69 Å². The first kappa shape index (κ1) is 22.6. The molecule has 0 radical (unpaired) electrons. The number of quaternary nitrogens is 1. The van der Waals surface area contributed by atoms with Gasteiger partial charge in [-0.3, -0.25) is 13.9 Å². The third kappa shape index (κ3) is 4.50. The molecule has 2 aromatic rings. The number of hydrogen-bond donors (Lipinski definition) is 2. The number of halogens is 1. The van der Waals surface area contributed by atoms with Gasteiger partial charge in [-0.15, -0.1) is 0 Å². The maximum absolute atomic E-state index is 12.4. The molecule has 0 spiro atoms. The highest BCUT2D eigenvalue weighted by molar-refractivity contribution is 5.69. The average Bonchev–Trinajstić information content (AvgIpc) is 3.12. The molecule has 9 heteroatoms. The molecule has 1 aliphatic rings. The SMILES string of the molecule is CC([NH2+]CCCn1cnc2c1c(=O)n(C)c(=O)n2C)C(O)C1CCCCC1.[Cl-]. The van der Waals surface area contributed by atoms with Crippen molar-refractivity contribution in [1.82, 2.24) is 18.7 Å². The van der Waals surface area contributed by atoms with Crippen molar-refractivity contribution < 1.29 is 22.8 Å². The van der Waals surface area contributed by atoms with Crippen LogP contribution in [0.2, 0.25) is 0 Å². The Labute approximate surface area is 171 Å². The first-order valence-corrected chi connectivity index (χ1v) is 10.0. The second kappa shape index (κ2) is 9.71. The number of aliphatic hydroxyl groups is 1. The summed E-state index contributed by atoms with van der Waals surface area (Å²) >= 11 is 0. The molecule has 28 heavy (non-hydrogen) atoms. The highest BCUT2D eigenvalue weighted by Crippen LogP contribution is 2.27. The van der Waals surface area contributed by atoms with E-state index in [0.717, 1.165) is 30.4 Å². The van der Waals surface area contributed by atoms with E-state index in [9.17, 15) is 14.7 Å². The third-order valence-electron chi connectivity index (χ3n) is 6.03. The molecule has 2 heterocycles. The Kier molecular flexibility index (Phi) is 7.86. The van der Waals surface area contributed by atoms with E-state index < -0.39 is 0 Å². The maximum atomic E-state index is 12.4. The Bertz CT molecular complexity index is 897. The molecule has 0 aliphatic heterocycles. The van der Waals surface area contributed by atoms with E-state index in [1.807, 2.05) is 4.57 Å². The van der Waals surface area contributed by atoms with Crippen LogP contribution in [0.25, 0.3) is 11.2 Å². The van der Waals surface area contributed by atoms with Crippen LogP contribution in [0.3, 0.4) is 0 Å². The van der Waals surface area contributed by atoms with Crippen molar-refractivity contribution in [2.75, 3.05) is 6.54 Å². The quantitative estimate of drug-likeness (QED) is 0.465. The maximum Gasteiger partial charge on any atom is 0.332 e. The summed E-state index contributed by atoms with van der Waals surface area (Å²) in [4.78, 5) is 28.7. The first-order chi connectivity index (χ1) is 12.9. The van der Waals surface area contributed by atoms with E-state index in [0.29, 0.717) is 23.6 Å². The smallest absolute Gasteiger partial charge is 0.332 e. The molecule has 1 fully saturated rings. The number of imidazole rings is 1. The molecule has 8 nitrogen and oxygen atoms in total. The number of aryl methyl sites for hydroxylation is 2. The van der Waals surface area contributed by atoms with Gasteiger partial charge < -0.3 is 27.4 Å². The molecule has 2 atom stereocenters. The number of fused-ring (bicyclic) bond motifs is 1. The molecular weight excluding hydrogens is 382 g/mol. The van der Waals surface area contributed by atoms with Crippen LogP contribution in [-0.2, 0) is 20.6 Å². The monoisotopic (exact) mass is 413 g/mol. The topological polar surface area (TPSA) is 98.7 Å². The fourth-order valence-corrected chi connectivity index (χ4v) is 4.25. The second-order valence-electron chi connectivity index (χ2n) is 7.94. The van der Waals surface area contributed by atoms with Crippen molar-refractivity contribution >= 4 is 11.2 Å². The fourth-order valence-electron chi connectivity index (χ4n) is 4.25. The van der Waals surface area contributed by atoms with E-state index in [1.165, 1.54) is 30.9 Å². The fraction of sp³-hybridized carbons (Fsp3) is 0.737. The zero-order valence-electron chi connectivity index (χ0n) is 17.0. The van der Waals surface area contributed by atoms with E-state index in [-0.39, 0.29) is 35.8 Å². The second-order valence-corrected chi connectivity index (χ2v) is 7.94.